The molecule has 0 heterocycles. The lowest BCUT2D eigenvalue weighted by Crippen LogP contribution is -2.62. The van der Waals surface area contributed by atoms with E-state index >= 15 is 0 Å². The molecule has 4 aliphatic carbocycles. The van der Waals surface area contributed by atoms with Crippen molar-refractivity contribution in [1.82, 2.24) is 0 Å². The Hall–Kier alpha value is -2.28. The Labute approximate surface area is 261 Å². The molecule has 1 N–H and O–H groups in total. The Bertz CT molecular complexity index is 1410. The number of aliphatic carboxylic acids is 1. The lowest BCUT2D eigenvalue weighted by Gasteiger charge is -2.70. The Morgan fingerprint density at radius 1 is 0.930 bits per heavy atom. The second-order valence-electron chi connectivity index (χ2n) is 15.5. The van der Waals surface area contributed by atoms with Gasteiger partial charge < -0.3 is 14.6 Å². The molecule has 43 heavy (non-hydrogen) atoms. The molecular weight excluding hydrogens is 560 g/mol. The topological polar surface area (TPSA) is 89.9 Å². The lowest BCUT2D eigenvalue weighted by molar-refractivity contribution is -0.177. The molecule has 1 aromatic carbocycles. The first kappa shape index (κ1) is 32.1. The number of carboxylic acid groups (broad SMARTS) is 1. The van der Waals surface area contributed by atoms with E-state index in [-0.39, 0.29) is 26.9 Å². The quantitative estimate of drug-likeness (QED) is 0.203. The number of thioether (sulfide) groups is 1. The summed E-state index contributed by atoms with van der Waals surface area (Å²) in [6.07, 6.45) is 9.00. The van der Waals surface area contributed by atoms with Gasteiger partial charge in [-0.1, -0.05) is 53.2 Å². The molecule has 1 unspecified atom stereocenters. The predicted molar refractivity (Wildman–Crippen MR) is 171 cm³/mol. The zero-order valence-corrected chi connectivity index (χ0v) is 28.5. The molecule has 5 rings (SSSR count). The number of carbonyl (C=O) groups excluding carboxylic acids is 2. The summed E-state index contributed by atoms with van der Waals surface area (Å²) in [5, 5.41) is 10.7. The van der Waals surface area contributed by atoms with Crippen LogP contribution in [0.1, 0.15) is 129 Å². The first-order chi connectivity index (χ1) is 19.8. The van der Waals surface area contributed by atoms with Crippen molar-refractivity contribution in [1.29, 1.82) is 0 Å². The van der Waals surface area contributed by atoms with Gasteiger partial charge in [-0.25, -0.2) is 0 Å². The van der Waals surface area contributed by atoms with Crippen LogP contribution in [0.15, 0.2) is 17.7 Å². The van der Waals surface area contributed by atoms with Gasteiger partial charge in [-0.05, 0) is 103 Å². The van der Waals surface area contributed by atoms with Gasteiger partial charge in [0.1, 0.15) is 0 Å². The molecule has 7 heteroatoms. The van der Waals surface area contributed by atoms with Crippen LogP contribution in [-0.2, 0) is 19.8 Å². The predicted octanol–water partition coefficient (Wildman–Crippen LogP) is 8.72. The molecular formula is C36H50O6S. The van der Waals surface area contributed by atoms with Crippen molar-refractivity contribution < 1.29 is 29.0 Å². The number of carboxylic acids is 1. The van der Waals surface area contributed by atoms with E-state index in [1.165, 1.54) is 19.4 Å². The van der Waals surface area contributed by atoms with E-state index in [4.69, 9.17) is 9.47 Å². The van der Waals surface area contributed by atoms with Gasteiger partial charge in [0.2, 0.25) is 0 Å². The molecule has 3 saturated carbocycles. The summed E-state index contributed by atoms with van der Waals surface area (Å²) in [4.78, 5) is 36.9. The molecule has 0 radical (unpaired) electrons. The normalized spacial score (nSPS) is 38.2. The highest BCUT2D eigenvalue weighted by molar-refractivity contribution is 8.00. The molecule has 0 amide bonds. The summed E-state index contributed by atoms with van der Waals surface area (Å²) < 4.78 is 11.4. The van der Waals surface area contributed by atoms with Crippen LogP contribution in [0.25, 0.3) is 0 Å². The van der Waals surface area contributed by atoms with E-state index in [1.54, 1.807) is 0 Å². The van der Waals surface area contributed by atoms with Gasteiger partial charge in [-0.2, -0.15) is 0 Å². The molecule has 0 spiro atoms. The van der Waals surface area contributed by atoms with Gasteiger partial charge in [-0.15, -0.1) is 11.8 Å². The number of allylic oxidation sites excluding steroid dienone is 1. The third-order valence-electron chi connectivity index (χ3n) is 12.5. The van der Waals surface area contributed by atoms with E-state index < -0.39 is 23.3 Å². The van der Waals surface area contributed by atoms with Crippen LogP contribution in [0.4, 0.5) is 0 Å². The van der Waals surface area contributed by atoms with Crippen LogP contribution in [-0.4, -0.2) is 28.3 Å². The Morgan fingerprint density at radius 2 is 1.56 bits per heavy atom. The molecule has 0 bridgehead atoms. The molecule has 1 aromatic rings. The SMILES string of the molecule is CC(=O)Oc1cc2c(c(C)c1OC(C)=O)C(SC(C)C)C=C1[C@@]2(C)CC[C@@]2(C)[C@@H]3C[C@](C)(C(=O)O)CC[C@]3(C)CC[C@]12C. The number of benzene rings is 1. The average molecular weight is 611 g/mol. The summed E-state index contributed by atoms with van der Waals surface area (Å²) in [5.41, 5.74) is 3.55. The number of carbonyl (C=O) groups is 3. The van der Waals surface area contributed by atoms with Gasteiger partial charge in [0, 0.05) is 30.1 Å². The number of hydrogen-bond acceptors (Lipinski definition) is 6. The van der Waals surface area contributed by atoms with Crippen molar-refractivity contribution in [2.75, 3.05) is 0 Å². The summed E-state index contributed by atoms with van der Waals surface area (Å²) in [7, 11) is 0. The van der Waals surface area contributed by atoms with Crippen molar-refractivity contribution in [2.45, 2.75) is 130 Å². The summed E-state index contributed by atoms with van der Waals surface area (Å²) in [6, 6.07) is 1.98. The minimum absolute atomic E-state index is 0.0434. The van der Waals surface area contributed by atoms with Crippen LogP contribution in [0.2, 0.25) is 0 Å². The largest absolute Gasteiger partial charge is 0.481 e. The highest BCUT2D eigenvalue weighted by Crippen LogP contribution is 2.75. The zero-order chi connectivity index (χ0) is 31.9. The average Bonchev–Trinajstić information content (AvgIpc) is 2.89. The van der Waals surface area contributed by atoms with Gasteiger partial charge in [-0.3, -0.25) is 14.4 Å². The third kappa shape index (κ3) is 4.78. The molecule has 0 aliphatic heterocycles. The maximum atomic E-state index is 12.5. The fraction of sp³-hybridized carbons (Fsp3) is 0.694. The number of hydrogen-bond donors (Lipinski definition) is 1. The Kier molecular flexibility index (Phi) is 7.76. The van der Waals surface area contributed by atoms with Gasteiger partial charge in [0.25, 0.3) is 0 Å². The molecule has 0 aromatic heterocycles. The molecule has 7 atom stereocenters. The minimum Gasteiger partial charge on any atom is -0.481 e. The molecule has 236 valence electrons. The highest BCUT2D eigenvalue weighted by atomic mass is 32.2. The fourth-order valence-corrected chi connectivity index (χ4v) is 11.0. The maximum Gasteiger partial charge on any atom is 0.309 e. The summed E-state index contributed by atoms with van der Waals surface area (Å²) >= 11 is 1.89. The van der Waals surface area contributed by atoms with Crippen molar-refractivity contribution in [2.24, 2.45) is 27.6 Å². The lowest BCUT2D eigenvalue weighted by atomic mass is 9.34. The number of esters is 2. The van der Waals surface area contributed by atoms with Crippen LogP contribution >= 0.6 is 11.8 Å². The van der Waals surface area contributed by atoms with Gasteiger partial charge in [0.15, 0.2) is 11.5 Å². The second kappa shape index (κ2) is 10.4. The standard InChI is InChI=1S/C36H50O6S/c1-20(2)43-26-18-27-34(8,24-17-25(41-22(4)37)30(42-23(5)38)21(3)29(24)26)14-16-36(10)28-19-33(7,31(39)40)12-11-32(28,6)13-15-35(27,36)9/h17-18,20,26,28H,11-16,19H2,1-10H3,(H,39,40)/t26?,28-,32-,33-,34+,35-,36+/m1/s1. The van der Waals surface area contributed by atoms with Crippen molar-refractivity contribution in [3.63, 3.8) is 0 Å². The maximum absolute atomic E-state index is 12.5. The van der Waals surface area contributed by atoms with Gasteiger partial charge >= 0.3 is 17.9 Å². The first-order valence-corrected chi connectivity index (χ1v) is 16.9. The first-order valence-electron chi connectivity index (χ1n) is 16.0. The van der Waals surface area contributed by atoms with Gasteiger partial charge in [0.05, 0.1) is 5.41 Å². The van der Waals surface area contributed by atoms with E-state index in [0.717, 1.165) is 61.6 Å². The van der Waals surface area contributed by atoms with Crippen LogP contribution in [0, 0.1) is 34.5 Å². The number of rotatable bonds is 5. The van der Waals surface area contributed by atoms with E-state index in [0.29, 0.717) is 22.7 Å². The number of fused-ring (bicyclic) bond motifs is 7. The summed E-state index contributed by atoms with van der Waals surface area (Å²) in [6.45, 7) is 20.8. The van der Waals surface area contributed by atoms with Crippen LogP contribution in [0.3, 0.4) is 0 Å². The van der Waals surface area contributed by atoms with Crippen molar-refractivity contribution >= 4 is 29.7 Å². The van der Waals surface area contributed by atoms with E-state index in [1.807, 2.05) is 31.7 Å². The van der Waals surface area contributed by atoms with Crippen LogP contribution in [0.5, 0.6) is 11.5 Å². The minimum atomic E-state index is -0.696. The second-order valence-corrected chi connectivity index (χ2v) is 17.2. The Morgan fingerprint density at radius 3 is 2.14 bits per heavy atom. The van der Waals surface area contributed by atoms with E-state index in [2.05, 4.69) is 47.6 Å². The third-order valence-corrected chi connectivity index (χ3v) is 13.7. The van der Waals surface area contributed by atoms with Crippen molar-refractivity contribution in [3.8, 4) is 11.5 Å². The van der Waals surface area contributed by atoms with Crippen LogP contribution < -0.4 is 9.47 Å². The molecule has 3 fully saturated rings. The highest BCUT2D eigenvalue weighted by Gasteiger charge is 2.67. The summed E-state index contributed by atoms with van der Waals surface area (Å²) in [5.74, 6) is -0.634. The monoisotopic (exact) mass is 610 g/mol. The number of ether oxygens (including phenoxy) is 2. The Balaban J connectivity index is 1.72. The van der Waals surface area contributed by atoms with Crippen molar-refractivity contribution in [3.05, 3.63) is 34.4 Å². The molecule has 6 nitrogen and oxygen atoms in total. The fourth-order valence-electron chi connectivity index (χ4n) is 9.76. The smallest absolute Gasteiger partial charge is 0.309 e. The van der Waals surface area contributed by atoms with E-state index in [9.17, 15) is 19.5 Å². The molecule has 0 saturated heterocycles. The molecule has 4 aliphatic rings. The zero-order valence-electron chi connectivity index (χ0n) is 27.7.